The zero-order chi connectivity index (χ0) is 10.1. The third kappa shape index (κ3) is 8.63. The minimum atomic E-state index is -0.0707. The van der Waals surface area contributed by atoms with Gasteiger partial charge in [0, 0.05) is 6.54 Å². The number of alkyl halides is 1. The molecule has 0 saturated carbocycles. The minimum absolute atomic E-state index is 0.0707. The van der Waals surface area contributed by atoms with Crippen molar-refractivity contribution in [2.24, 2.45) is 0 Å². The number of hydrogen-bond acceptors (Lipinski definition) is 2. The molecule has 2 nitrogen and oxygen atoms in total. The number of halogens is 1. The minimum Gasteiger partial charge on any atom is -0.355 e. The van der Waals surface area contributed by atoms with Gasteiger partial charge in [-0.2, -0.15) is 11.8 Å². The van der Waals surface area contributed by atoms with E-state index in [-0.39, 0.29) is 10.7 Å². The maximum atomic E-state index is 11.1. The highest BCUT2D eigenvalue weighted by atomic mass is 79.9. The Balaban J connectivity index is 3.12. The molecule has 0 saturated heterocycles. The van der Waals surface area contributed by atoms with Crippen LogP contribution in [0.15, 0.2) is 0 Å². The Morgan fingerprint density at radius 3 is 2.69 bits per heavy atom. The summed E-state index contributed by atoms with van der Waals surface area (Å²) in [5.41, 5.74) is 0. The predicted octanol–water partition coefficient (Wildman–Crippen LogP) is 2.42. The van der Waals surface area contributed by atoms with Gasteiger partial charge in [-0.25, -0.2) is 0 Å². The lowest BCUT2D eigenvalue weighted by Gasteiger charge is -2.05. The highest BCUT2D eigenvalue weighted by molar-refractivity contribution is 9.10. The topological polar surface area (TPSA) is 29.1 Å². The van der Waals surface area contributed by atoms with Crippen LogP contribution in [0.5, 0.6) is 0 Å². The number of thioether (sulfide) groups is 1. The molecule has 1 amide bonds. The molecular weight excluding hydrogens is 250 g/mol. The van der Waals surface area contributed by atoms with Crippen LogP contribution in [0.2, 0.25) is 0 Å². The molecule has 1 N–H and O–H groups in total. The molecule has 78 valence electrons. The summed E-state index contributed by atoms with van der Waals surface area (Å²) in [6.07, 6.45) is 5.67. The third-order valence-corrected chi connectivity index (χ3v) is 2.80. The first-order valence-corrected chi connectivity index (χ1v) is 6.90. The van der Waals surface area contributed by atoms with Crippen LogP contribution in [0.1, 0.15) is 26.2 Å². The zero-order valence-corrected chi connectivity index (χ0v) is 10.7. The molecule has 0 aliphatic carbocycles. The second kappa shape index (κ2) is 8.88. The summed E-state index contributed by atoms with van der Waals surface area (Å²) in [5.74, 6) is 1.31. The van der Waals surface area contributed by atoms with Crippen LogP contribution in [-0.2, 0) is 4.79 Å². The number of hydrogen-bond donors (Lipinski definition) is 1. The summed E-state index contributed by atoms with van der Waals surface area (Å²) in [6, 6.07) is 0. The van der Waals surface area contributed by atoms with Crippen LogP contribution in [0.3, 0.4) is 0 Å². The maximum Gasteiger partial charge on any atom is 0.233 e. The Hall–Kier alpha value is 0.300. The second-order valence-corrected chi connectivity index (χ2v) is 5.32. The molecule has 0 aromatic heterocycles. The van der Waals surface area contributed by atoms with Gasteiger partial charge in [-0.3, -0.25) is 4.79 Å². The molecule has 4 heteroatoms. The average molecular weight is 268 g/mol. The Morgan fingerprint density at radius 2 is 2.15 bits per heavy atom. The Kier molecular flexibility index (Phi) is 9.08. The molecule has 0 fully saturated rings. The van der Waals surface area contributed by atoms with Crippen LogP contribution in [-0.4, -0.2) is 29.3 Å². The fourth-order valence-corrected chi connectivity index (χ4v) is 1.56. The van der Waals surface area contributed by atoms with Crippen molar-refractivity contribution in [1.29, 1.82) is 0 Å². The molecule has 0 spiro atoms. The lowest BCUT2D eigenvalue weighted by atomic mass is 10.2. The van der Waals surface area contributed by atoms with Gasteiger partial charge < -0.3 is 5.32 Å². The molecule has 0 aromatic carbocycles. The van der Waals surface area contributed by atoms with Gasteiger partial charge >= 0.3 is 0 Å². The number of amides is 1. The second-order valence-electron chi connectivity index (χ2n) is 2.96. The van der Waals surface area contributed by atoms with E-state index in [1.807, 2.05) is 18.7 Å². The molecule has 0 rings (SSSR count). The molecule has 0 aliphatic heterocycles. The van der Waals surface area contributed by atoms with E-state index in [0.29, 0.717) is 0 Å². The lowest BCUT2D eigenvalue weighted by Crippen LogP contribution is -2.30. The van der Waals surface area contributed by atoms with Crippen molar-refractivity contribution in [1.82, 2.24) is 5.32 Å². The van der Waals surface area contributed by atoms with Crippen LogP contribution < -0.4 is 5.32 Å². The largest absolute Gasteiger partial charge is 0.355 e. The molecule has 0 bridgehead atoms. The molecule has 1 atom stereocenters. The quantitative estimate of drug-likeness (QED) is 0.567. The smallest absolute Gasteiger partial charge is 0.233 e. The molecule has 13 heavy (non-hydrogen) atoms. The van der Waals surface area contributed by atoms with Crippen molar-refractivity contribution >= 4 is 33.6 Å². The maximum absolute atomic E-state index is 11.1. The van der Waals surface area contributed by atoms with Gasteiger partial charge in [0.2, 0.25) is 5.91 Å². The van der Waals surface area contributed by atoms with E-state index in [1.54, 1.807) is 0 Å². The Morgan fingerprint density at radius 1 is 1.46 bits per heavy atom. The average Bonchev–Trinajstić information content (AvgIpc) is 2.10. The Bertz CT molecular complexity index is 142. The van der Waals surface area contributed by atoms with E-state index in [9.17, 15) is 4.79 Å². The van der Waals surface area contributed by atoms with E-state index < -0.39 is 0 Å². The highest BCUT2D eigenvalue weighted by Crippen LogP contribution is 2.02. The molecule has 0 heterocycles. The summed E-state index contributed by atoms with van der Waals surface area (Å²) >= 11 is 5.09. The van der Waals surface area contributed by atoms with Gasteiger partial charge in [0.25, 0.3) is 0 Å². The van der Waals surface area contributed by atoms with E-state index in [2.05, 4.69) is 27.5 Å². The van der Waals surface area contributed by atoms with E-state index >= 15 is 0 Å². The first-order chi connectivity index (χ1) is 6.18. The number of carbonyl (C=O) groups excluding carboxylic acids is 1. The van der Waals surface area contributed by atoms with Gasteiger partial charge in [0.05, 0.1) is 4.83 Å². The Labute approximate surface area is 93.4 Å². The predicted molar refractivity (Wildman–Crippen MR) is 63.6 cm³/mol. The normalized spacial score (nSPS) is 12.5. The van der Waals surface area contributed by atoms with Crippen LogP contribution in [0, 0.1) is 0 Å². The monoisotopic (exact) mass is 267 g/mol. The highest BCUT2D eigenvalue weighted by Gasteiger charge is 2.05. The first kappa shape index (κ1) is 13.3. The van der Waals surface area contributed by atoms with Gasteiger partial charge in [0.15, 0.2) is 0 Å². The number of nitrogens with one attached hydrogen (secondary N) is 1. The fourth-order valence-electron chi connectivity index (χ4n) is 0.900. The van der Waals surface area contributed by atoms with Gasteiger partial charge in [-0.1, -0.05) is 22.4 Å². The van der Waals surface area contributed by atoms with E-state index in [0.717, 1.165) is 13.0 Å². The van der Waals surface area contributed by atoms with Crippen LogP contribution >= 0.6 is 27.7 Å². The number of unbranched alkanes of at least 4 members (excludes halogenated alkanes) is 2. The van der Waals surface area contributed by atoms with Crippen LogP contribution in [0.25, 0.3) is 0 Å². The lowest BCUT2D eigenvalue weighted by molar-refractivity contribution is -0.120. The molecule has 0 aliphatic rings. The van der Waals surface area contributed by atoms with Crippen molar-refractivity contribution in [2.45, 2.75) is 31.0 Å². The number of rotatable bonds is 7. The summed E-state index contributed by atoms with van der Waals surface area (Å²) in [5, 5.41) is 2.87. The van der Waals surface area contributed by atoms with Crippen LogP contribution in [0.4, 0.5) is 0 Å². The molecule has 0 radical (unpaired) electrons. The van der Waals surface area contributed by atoms with Crippen molar-refractivity contribution in [2.75, 3.05) is 18.6 Å². The summed E-state index contributed by atoms with van der Waals surface area (Å²) in [6.45, 7) is 2.65. The third-order valence-electron chi connectivity index (χ3n) is 1.69. The molecule has 0 aromatic rings. The first-order valence-electron chi connectivity index (χ1n) is 4.59. The van der Waals surface area contributed by atoms with Crippen molar-refractivity contribution in [3.8, 4) is 0 Å². The zero-order valence-electron chi connectivity index (χ0n) is 8.31. The summed E-state index contributed by atoms with van der Waals surface area (Å²) in [4.78, 5) is 11.0. The molecular formula is C9H18BrNOS. The molecule has 1 unspecified atom stereocenters. The van der Waals surface area contributed by atoms with Gasteiger partial charge in [0.1, 0.15) is 0 Å². The summed E-state index contributed by atoms with van der Waals surface area (Å²) in [7, 11) is 0. The summed E-state index contributed by atoms with van der Waals surface area (Å²) < 4.78 is 0. The SMILES string of the molecule is CSCCCCCNC(=O)C(C)Br. The van der Waals surface area contributed by atoms with E-state index in [4.69, 9.17) is 0 Å². The van der Waals surface area contributed by atoms with Crippen molar-refractivity contribution in [3.63, 3.8) is 0 Å². The van der Waals surface area contributed by atoms with Crippen molar-refractivity contribution < 1.29 is 4.79 Å². The van der Waals surface area contributed by atoms with E-state index in [1.165, 1.54) is 18.6 Å². The number of carbonyl (C=O) groups is 1. The van der Waals surface area contributed by atoms with Crippen molar-refractivity contribution in [3.05, 3.63) is 0 Å². The van der Waals surface area contributed by atoms with Gasteiger partial charge in [-0.05, 0) is 31.8 Å². The standard InChI is InChI=1S/C9H18BrNOS/c1-8(10)9(12)11-6-4-3-5-7-13-2/h8H,3-7H2,1-2H3,(H,11,12). The van der Waals surface area contributed by atoms with Gasteiger partial charge in [-0.15, -0.1) is 0 Å². The fraction of sp³-hybridized carbons (Fsp3) is 0.889.